The Morgan fingerprint density at radius 2 is 2.29 bits per heavy atom. The Labute approximate surface area is 93.6 Å². The Kier molecular flexibility index (Phi) is 4.74. The first-order chi connectivity index (χ1) is 6.72. The van der Waals surface area contributed by atoms with Crippen LogP contribution in [0.25, 0.3) is 0 Å². The lowest BCUT2D eigenvalue weighted by atomic mass is 10.1. The number of allylic oxidation sites excluding steroid dienone is 2. The van der Waals surface area contributed by atoms with Crippen LogP contribution < -0.4 is 0 Å². The van der Waals surface area contributed by atoms with Crippen molar-refractivity contribution in [3.63, 3.8) is 0 Å². The first-order valence-electron chi connectivity index (χ1n) is 4.72. The van der Waals surface area contributed by atoms with Gasteiger partial charge in [-0.2, -0.15) is 0 Å². The number of hydrogen-bond acceptors (Lipinski definition) is 1. The minimum atomic E-state index is 0.343. The Bertz CT molecular complexity index is 318. The van der Waals surface area contributed by atoms with Crippen molar-refractivity contribution in [3.8, 4) is 5.75 Å². The van der Waals surface area contributed by atoms with Crippen molar-refractivity contribution < 1.29 is 5.11 Å². The van der Waals surface area contributed by atoms with Gasteiger partial charge in [0.25, 0.3) is 0 Å². The zero-order chi connectivity index (χ0) is 10.4. The first-order valence-corrected chi connectivity index (χ1v) is 5.84. The van der Waals surface area contributed by atoms with Crippen molar-refractivity contribution in [2.45, 2.75) is 19.8 Å². The van der Waals surface area contributed by atoms with E-state index in [1.807, 2.05) is 18.2 Å². The van der Waals surface area contributed by atoms with Crippen LogP contribution in [0.1, 0.15) is 18.9 Å². The molecule has 0 fully saturated rings. The molecule has 0 aromatic heterocycles. The number of halogens is 1. The van der Waals surface area contributed by atoms with Crippen LogP contribution in [0, 0.1) is 0 Å². The fourth-order valence-electron chi connectivity index (χ4n) is 1.36. The number of benzene rings is 1. The summed E-state index contributed by atoms with van der Waals surface area (Å²) in [6, 6.07) is 7.42. The summed E-state index contributed by atoms with van der Waals surface area (Å²) in [5.74, 6) is 0.343. The molecule has 0 aliphatic heterocycles. The van der Waals surface area contributed by atoms with E-state index in [0.29, 0.717) is 5.75 Å². The maximum absolute atomic E-state index is 9.28. The number of aromatic hydroxyl groups is 1. The van der Waals surface area contributed by atoms with Crippen LogP contribution in [0.15, 0.2) is 35.9 Å². The lowest BCUT2D eigenvalue weighted by Crippen LogP contribution is -1.86. The van der Waals surface area contributed by atoms with Gasteiger partial charge < -0.3 is 5.11 Å². The van der Waals surface area contributed by atoms with Crippen LogP contribution in [0.5, 0.6) is 5.75 Å². The molecule has 0 amide bonds. The molecule has 0 radical (unpaired) electrons. The van der Waals surface area contributed by atoms with E-state index in [2.05, 4.69) is 28.9 Å². The Balaban J connectivity index is 2.60. The summed E-state index contributed by atoms with van der Waals surface area (Å²) in [5, 5.41) is 10.3. The van der Waals surface area contributed by atoms with E-state index in [-0.39, 0.29) is 0 Å². The van der Waals surface area contributed by atoms with Gasteiger partial charge >= 0.3 is 0 Å². The molecule has 76 valence electrons. The third kappa shape index (κ3) is 3.97. The Hall–Kier alpha value is -0.760. The average molecular weight is 255 g/mol. The fraction of sp³-hybridized carbons (Fsp3) is 0.333. The van der Waals surface area contributed by atoms with Gasteiger partial charge in [-0.15, -0.1) is 0 Å². The van der Waals surface area contributed by atoms with Gasteiger partial charge in [-0.05, 0) is 37.5 Å². The minimum absolute atomic E-state index is 0.343. The summed E-state index contributed by atoms with van der Waals surface area (Å²) >= 11 is 3.39. The highest BCUT2D eigenvalue weighted by Crippen LogP contribution is 2.14. The third-order valence-corrected chi connectivity index (χ3v) is 2.45. The molecule has 0 aliphatic carbocycles. The van der Waals surface area contributed by atoms with Gasteiger partial charge in [0.2, 0.25) is 0 Å². The van der Waals surface area contributed by atoms with Crippen molar-refractivity contribution in [1.29, 1.82) is 0 Å². The summed E-state index contributed by atoms with van der Waals surface area (Å²) in [7, 11) is 0. The van der Waals surface area contributed by atoms with Crippen molar-refractivity contribution >= 4 is 15.9 Å². The molecule has 0 bridgehead atoms. The molecule has 0 unspecified atom stereocenters. The molecule has 0 aliphatic rings. The van der Waals surface area contributed by atoms with E-state index in [0.717, 1.165) is 23.7 Å². The second kappa shape index (κ2) is 5.86. The van der Waals surface area contributed by atoms with Crippen LogP contribution in [0.2, 0.25) is 0 Å². The Morgan fingerprint density at radius 1 is 1.50 bits per heavy atom. The first kappa shape index (κ1) is 11.3. The Morgan fingerprint density at radius 3 is 2.93 bits per heavy atom. The largest absolute Gasteiger partial charge is 0.508 e. The lowest BCUT2D eigenvalue weighted by Gasteiger charge is -2.02. The predicted molar refractivity (Wildman–Crippen MR) is 64.0 cm³/mol. The monoisotopic (exact) mass is 254 g/mol. The number of phenolic OH excluding ortho intramolecular Hbond substituents is 1. The standard InChI is InChI=1S/C12H15BrO/c1-10(4-3-7-13)8-11-5-2-6-12(14)9-11/h2,4-6,9,14H,3,7-8H2,1H3. The normalized spacial score (nSPS) is 11.7. The number of alkyl halides is 1. The van der Waals surface area contributed by atoms with Crippen LogP contribution in [0.4, 0.5) is 0 Å². The fourth-order valence-corrected chi connectivity index (χ4v) is 1.59. The summed E-state index contributed by atoms with van der Waals surface area (Å²) in [6.45, 7) is 2.12. The molecule has 2 heteroatoms. The quantitative estimate of drug-likeness (QED) is 0.643. The van der Waals surface area contributed by atoms with Gasteiger partial charge in [0.15, 0.2) is 0 Å². The molecule has 1 N–H and O–H groups in total. The van der Waals surface area contributed by atoms with Crippen molar-refractivity contribution in [3.05, 3.63) is 41.5 Å². The predicted octanol–water partition coefficient (Wildman–Crippen LogP) is 3.67. The van der Waals surface area contributed by atoms with Crippen molar-refractivity contribution in [2.75, 3.05) is 5.33 Å². The van der Waals surface area contributed by atoms with E-state index < -0.39 is 0 Å². The number of phenols is 1. The average Bonchev–Trinajstić information content (AvgIpc) is 2.15. The summed E-state index contributed by atoms with van der Waals surface area (Å²) in [6.07, 6.45) is 4.20. The van der Waals surface area contributed by atoms with E-state index in [1.165, 1.54) is 5.57 Å². The van der Waals surface area contributed by atoms with Crippen LogP contribution in [-0.4, -0.2) is 10.4 Å². The van der Waals surface area contributed by atoms with Crippen molar-refractivity contribution in [1.82, 2.24) is 0 Å². The maximum Gasteiger partial charge on any atom is 0.115 e. The second-order valence-electron chi connectivity index (χ2n) is 3.37. The van der Waals surface area contributed by atoms with E-state index >= 15 is 0 Å². The number of hydrogen-bond donors (Lipinski definition) is 1. The molecule has 1 rings (SSSR count). The van der Waals surface area contributed by atoms with Gasteiger partial charge in [-0.3, -0.25) is 0 Å². The maximum atomic E-state index is 9.28. The van der Waals surface area contributed by atoms with E-state index in [1.54, 1.807) is 6.07 Å². The molecule has 1 aromatic carbocycles. The molecule has 0 saturated heterocycles. The summed E-state index contributed by atoms with van der Waals surface area (Å²) < 4.78 is 0. The highest BCUT2D eigenvalue weighted by Gasteiger charge is 1.95. The van der Waals surface area contributed by atoms with Gasteiger partial charge in [0.1, 0.15) is 5.75 Å². The van der Waals surface area contributed by atoms with Crippen LogP contribution in [-0.2, 0) is 6.42 Å². The van der Waals surface area contributed by atoms with E-state index in [9.17, 15) is 5.11 Å². The molecule has 0 heterocycles. The molecule has 1 nitrogen and oxygen atoms in total. The highest BCUT2D eigenvalue weighted by molar-refractivity contribution is 9.09. The topological polar surface area (TPSA) is 20.2 Å². The molecule has 0 atom stereocenters. The lowest BCUT2D eigenvalue weighted by molar-refractivity contribution is 0.474. The summed E-state index contributed by atoms with van der Waals surface area (Å²) in [5.41, 5.74) is 2.50. The van der Waals surface area contributed by atoms with Gasteiger partial charge in [-0.25, -0.2) is 0 Å². The zero-order valence-electron chi connectivity index (χ0n) is 8.33. The van der Waals surface area contributed by atoms with E-state index in [4.69, 9.17) is 0 Å². The SMILES string of the molecule is CC(=CCCBr)Cc1cccc(O)c1. The highest BCUT2D eigenvalue weighted by atomic mass is 79.9. The third-order valence-electron chi connectivity index (χ3n) is 2.00. The molecular formula is C12H15BrO. The zero-order valence-corrected chi connectivity index (χ0v) is 9.92. The van der Waals surface area contributed by atoms with Crippen LogP contribution in [0.3, 0.4) is 0 Å². The molecule has 0 saturated carbocycles. The molecule has 1 aromatic rings. The smallest absolute Gasteiger partial charge is 0.115 e. The van der Waals surface area contributed by atoms with Crippen LogP contribution >= 0.6 is 15.9 Å². The van der Waals surface area contributed by atoms with Gasteiger partial charge in [0, 0.05) is 5.33 Å². The number of rotatable bonds is 4. The minimum Gasteiger partial charge on any atom is -0.508 e. The molecule has 14 heavy (non-hydrogen) atoms. The van der Waals surface area contributed by atoms with Gasteiger partial charge in [0.05, 0.1) is 0 Å². The van der Waals surface area contributed by atoms with Crippen molar-refractivity contribution in [2.24, 2.45) is 0 Å². The molecular weight excluding hydrogens is 240 g/mol. The second-order valence-corrected chi connectivity index (χ2v) is 4.17. The van der Waals surface area contributed by atoms with Gasteiger partial charge in [-0.1, -0.05) is 39.7 Å². The summed E-state index contributed by atoms with van der Waals surface area (Å²) in [4.78, 5) is 0. The molecule has 0 spiro atoms.